The van der Waals surface area contributed by atoms with Crippen molar-refractivity contribution < 1.29 is 22.0 Å². The van der Waals surface area contributed by atoms with E-state index in [9.17, 15) is 22.0 Å². The summed E-state index contributed by atoms with van der Waals surface area (Å²) in [6, 6.07) is 8.89. The summed E-state index contributed by atoms with van der Waals surface area (Å²) in [7, 11) is -3.56. The molecule has 0 heterocycles. The Hall–Kier alpha value is -2.32. The Morgan fingerprint density at radius 2 is 1.73 bits per heavy atom. The molecule has 2 aromatic carbocycles. The van der Waals surface area contributed by atoms with E-state index >= 15 is 0 Å². The van der Waals surface area contributed by atoms with Crippen molar-refractivity contribution in [1.29, 1.82) is 0 Å². The fourth-order valence-corrected chi connectivity index (χ4v) is 3.53. The highest BCUT2D eigenvalue weighted by Gasteiger charge is 2.15. The van der Waals surface area contributed by atoms with Gasteiger partial charge in [-0.2, -0.15) is 0 Å². The van der Waals surface area contributed by atoms with E-state index in [2.05, 4.69) is 10.0 Å². The fourth-order valence-electron chi connectivity index (χ4n) is 2.28. The number of hydrogen-bond donors (Lipinski definition) is 2. The van der Waals surface area contributed by atoms with Crippen molar-refractivity contribution in [3.05, 3.63) is 59.7 Å². The van der Waals surface area contributed by atoms with Gasteiger partial charge >= 0.3 is 0 Å². The lowest BCUT2D eigenvalue weighted by molar-refractivity contribution is -0.116. The molecule has 26 heavy (non-hydrogen) atoms. The van der Waals surface area contributed by atoms with Crippen molar-refractivity contribution in [2.45, 2.75) is 37.6 Å². The van der Waals surface area contributed by atoms with Crippen LogP contribution in [0, 0.1) is 11.6 Å². The van der Waals surface area contributed by atoms with E-state index in [0.717, 1.165) is 17.7 Å². The Labute approximate surface area is 151 Å². The summed E-state index contributed by atoms with van der Waals surface area (Å²) in [6.45, 7) is 3.46. The average molecular weight is 382 g/mol. The molecular weight excluding hydrogens is 362 g/mol. The number of hydrogen-bond acceptors (Lipinski definition) is 3. The second-order valence-corrected chi connectivity index (χ2v) is 7.81. The molecule has 8 heteroatoms. The molecule has 0 aliphatic heterocycles. The molecule has 0 aliphatic carbocycles. The van der Waals surface area contributed by atoms with E-state index in [1.54, 1.807) is 26.0 Å². The van der Waals surface area contributed by atoms with Crippen molar-refractivity contribution in [2.24, 2.45) is 0 Å². The van der Waals surface area contributed by atoms with Gasteiger partial charge in [0.15, 0.2) is 0 Å². The van der Waals surface area contributed by atoms with Gasteiger partial charge in [-0.05, 0) is 50.1 Å². The number of halogens is 2. The molecule has 0 aromatic heterocycles. The maximum absolute atomic E-state index is 13.5. The fraction of sp³-hybridized carbons (Fsp3) is 0.278. The topological polar surface area (TPSA) is 75.3 Å². The van der Waals surface area contributed by atoms with Gasteiger partial charge in [-0.3, -0.25) is 4.79 Å². The average Bonchev–Trinajstić information content (AvgIpc) is 2.55. The van der Waals surface area contributed by atoms with Crippen LogP contribution in [0.3, 0.4) is 0 Å². The highest BCUT2D eigenvalue weighted by Crippen LogP contribution is 2.16. The summed E-state index contributed by atoms with van der Waals surface area (Å²) >= 11 is 0. The summed E-state index contributed by atoms with van der Waals surface area (Å²) in [6.07, 6.45) is 0.430. The zero-order valence-corrected chi connectivity index (χ0v) is 15.2. The minimum Gasteiger partial charge on any atom is -0.324 e. The molecule has 140 valence electrons. The number of benzene rings is 2. The van der Waals surface area contributed by atoms with Crippen LogP contribution in [0.25, 0.3) is 0 Å². The van der Waals surface area contributed by atoms with Gasteiger partial charge in [-0.1, -0.05) is 12.1 Å². The first kappa shape index (κ1) is 20.0. The van der Waals surface area contributed by atoms with Crippen LogP contribution in [0.1, 0.15) is 25.8 Å². The normalized spacial score (nSPS) is 11.6. The molecule has 2 aromatic rings. The maximum atomic E-state index is 13.5. The standard InChI is InChI=1S/C18H20F2N2O3S/c1-12(2)22-26(24,25)15-7-3-13(4-8-15)5-10-18(23)21-17-9-6-14(19)11-16(17)20/h3-4,6-9,11-12,22H,5,10H2,1-2H3,(H,21,23). The summed E-state index contributed by atoms with van der Waals surface area (Å²) in [5.74, 6) is -1.98. The van der Waals surface area contributed by atoms with Gasteiger partial charge in [0.25, 0.3) is 0 Å². The monoisotopic (exact) mass is 382 g/mol. The zero-order chi connectivity index (χ0) is 19.3. The van der Waals surface area contributed by atoms with E-state index in [-0.39, 0.29) is 23.0 Å². The maximum Gasteiger partial charge on any atom is 0.240 e. The number of rotatable bonds is 7. The second kappa shape index (κ2) is 8.37. The number of sulfonamides is 1. The number of nitrogens with one attached hydrogen (secondary N) is 2. The Balaban J connectivity index is 1.94. The number of carbonyl (C=O) groups excluding carboxylic acids is 1. The van der Waals surface area contributed by atoms with Gasteiger partial charge in [-0.15, -0.1) is 0 Å². The lowest BCUT2D eigenvalue weighted by Crippen LogP contribution is -2.30. The number of aryl methyl sites for hydroxylation is 1. The minimum atomic E-state index is -3.56. The highest BCUT2D eigenvalue weighted by atomic mass is 32.2. The van der Waals surface area contributed by atoms with Crippen LogP contribution in [0.4, 0.5) is 14.5 Å². The number of anilines is 1. The largest absolute Gasteiger partial charge is 0.324 e. The van der Waals surface area contributed by atoms with Gasteiger partial charge in [0.1, 0.15) is 11.6 Å². The molecule has 0 spiro atoms. The first-order valence-corrected chi connectivity index (χ1v) is 9.52. The van der Waals surface area contributed by atoms with Crippen LogP contribution in [-0.2, 0) is 21.2 Å². The molecule has 0 radical (unpaired) electrons. The molecule has 0 saturated carbocycles. The zero-order valence-electron chi connectivity index (χ0n) is 14.4. The lowest BCUT2D eigenvalue weighted by Gasteiger charge is -2.10. The van der Waals surface area contributed by atoms with Gasteiger partial charge in [0, 0.05) is 18.5 Å². The van der Waals surface area contributed by atoms with E-state index in [0.29, 0.717) is 12.5 Å². The van der Waals surface area contributed by atoms with Gasteiger partial charge in [0.2, 0.25) is 15.9 Å². The van der Waals surface area contributed by atoms with Crippen molar-refractivity contribution >= 4 is 21.6 Å². The van der Waals surface area contributed by atoms with Gasteiger partial charge in [-0.25, -0.2) is 21.9 Å². The summed E-state index contributed by atoms with van der Waals surface area (Å²) in [5, 5.41) is 2.38. The minimum absolute atomic E-state index is 0.0765. The molecule has 0 saturated heterocycles. The van der Waals surface area contributed by atoms with Crippen LogP contribution in [0.2, 0.25) is 0 Å². The lowest BCUT2D eigenvalue weighted by atomic mass is 10.1. The molecule has 0 fully saturated rings. The van der Waals surface area contributed by atoms with Gasteiger partial charge < -0.3 is 5.32 Å². The first-order chi connectivity index (χ1) is 12.2. The summed E-state index contributed by atoms with van der Waals surface area (Å²) in [4.78, 5) is 12.0. The third-order valence-corrected chi connectivity index (χ3v) is 5.14. The van der Waals surface area contributed by atoms with Gasteiger partial charge in [0.05, 0.1) is 10.6 Å². The SMILES string of the molecule is CC(C)NS(=O)(=O)c1ccc(CCC(=O)Nc2ccc(F)cc2F)cc1. The first-order valence-electron chi connectivity index (χ1n) is 8.03. The molecule has 0 aliphatic rings. The molecule has 0 bridgehead atoms. The molecule has 5 nitrogen and oxygen atoms in total. The second-order valence-electron chi connectivity index (χ2n) is 6.09. The van der Waals surface area contributed by atoms with Crippen LogP contribution in [0.15, 0.2) is 47.4 Å². The predicted molar refractivity (Wildman–Crippen MR) is 95.2 cm³/mol. The van der Waals surface area contributed by atoms with Crippen LogP contribution in [-0.4, -0.2) is 20.4 Å². The highest BCUT2D eigenvalue weighted by molar-refractivity contribution is 7.89. The third kappa shape index (κ3) is 5.60. The molecule has 1 amide bonds. The Morgan fingerprint density at radius 1 is 1.08 bits per heavy atom. The summed E-state index contributed by atoms with van der Waals surface area (Å²) < 4.78 is 52.9. The van der Waals surface area contributed by atoms with E-state index in [1.165, 1.54) is 12.1 Å². The smallest absolute Gasteiger partial charge is 0.240 e. The van der Waals surface area contributed by atoms with Crippen molar-refractivity contribution in [3.63, 3.8) is 0 Å². The predicted octanol–water partition coefficient (Wildman–Crippen LogP) is 3.22. The summed E-state index contributed by atoms with van der Waals surface area (Å²) in [5.41, 5.74) is 0.681. The van der Waals surface area contributed by atoms with Crippen LogP contribution >= 0.6 is 0 Å². The quantitative estimate of drug-likeness (QED) is 0.772. The Kier molecular flexibility index (Phi) is 6.44. The number of carbonyl (C=O) groups is 1. The molecule has 2 N–H and O–H groups in total. The molecule has 2 rings (SSSR count). The number of amides is 1. The van der Waals surface area contributed by atoms with E-state index in [1.807, 2.05) is 0 Å². The third-order valence-electron chi connectivity index (χ3n) is 3.47. The molecular formula is C18H20F2N2O3S. The van der Waals surface area contributed by atoms with Crippen LogP contribution < -0.4 is 10.0 Å². The van der Waals surface area contributed by atoms with Crippen molar-refractivity contribution in [3.8, 4) is 0 Å². The van der Waals surface area contributed by atoms with Crippen molar-refractivity contribution in [1.82, 2.24) is 4.72 Å². The Morgan fingerprint density at radius 3 is 2.31 bits per heavy atom. The molecule has 0 atom stereocenters. The van der Waals surface area contributed by atoms with E-state index < -0.39 is 27.6 Å². The van der Waals surface area contributed by atoms with Crippen molar-refractivity contribution in [2.75, 3.05) is 5.32 Å². The van der Waals surface area contributed by atoms with Crippen LogP contribution in [0.5, 0.6) is 0 Å². The van der Waals surface area contributed by atoms with E-state index in [4.69, 9.17) is 0 Å². The molecule has 0 unspecified atom stereocenters. The Bertz CT molecular complexity index is 882.